The molecule has 0 bridgehead atoms. The number of amides is 1. The quantitative estimate of drug-likeness (QED) is 0.875. The Bertz CT molecular complexity index is 670. The number of rotatable bonds is 6. The summed E-state index contributed by atoms with van der Waals surface area (Å²) in [7, 11) is 0. The number of carbonyl (C=O) groups is 1. The van der Waals surface area contributed by atoms with E-state index in [2.05, 4.69) is 41.5 Å². The molecular formula is C21H26N2O2. The summed E-state index contributed by atoms with van der Waals surface area (Å²) in [4.78, 5) is 16.4. The van der Waals surface area contributed by atoms with Gasteiger partial charge in [-0.2, -0.15) is 0 Å². The summed E-state index contributed by atoms with van der Waals surface area (Å²) < 4.78 is 6.02. The summed E-state index contributed by atoms with van der Waals surface area (Å²) in [6.45, 7) is 3.55. The molecule has 0 spiro atoms. The summed E-state index contributed by atoms with van der Waals surface area (Å²) in [6, 6.07) is 14.3. The molecule has 132 valence electrons. The van der Waals surface area contributed by atoms with E-state index in [1.54, 1.807) is 6.20 Å². The molecule has 1 aromatic heterocycles. The van der Waals surface area contributed by atoms with Crippen LogP contribution in [0.3, 0.4) is 0 Å². The molecule has 0 radical (unpaired) electrons. The van der Waals surface area contributed by atoms with Gasteiger partial charge in [-0.05, 0) is 43.9 Å². The number of benzene rings is 1. The van der Waals surface area contributed by atoms with Gasteiger partial charge < -0.3 is 10.1 Å². The highest BCUT2D eigenvalue weighted by atomic mass is 16.5. The highest BCUT2D eigenvalue weighted by molar-refractivity contribution is 5.76. The van der Waals surface area contributed by atoms with Gasteiger partial charge in [0, 0.05) is 37.4 Å². The monoisotopic (exact) mass is 338 g/mol. The Hall–Kier alpha value is -2.20. The molecule has 25 heavy (non-hydrogen) atoms. The first kappa shape index (κ1) is 17.6. The van der Waals surface area contributed by atoms with Crippen LogP contribution in [0.1, 0.15) is 42.2 Å². The second kappa shape index (κ2) is 8.77. The van der Waals surface area contributed by atoms with Gasteiger partial charge in [-0.1, -0.05) is 35.9 Å². The van der Waals surface area contributed by atoms with Crippen molar-refractivity contribution in [3.05, 3.63) is 65.5 Å². The van der Waals surface area contributed by atoms with E-state index in [0.29, 0.717) is 25.3 Å². The number of carbonyl (C=O) groups excluding carboxylic acids is 1. The van der Waals surface area contributed by atoms with Crippen molar-refractivity contribution in [1.82, 2.24) is 10.3 Å². The molecular weight excluding hydrogens is 312 g/mol. The topological polar surface area (TPSA) is 51.2 Å². The van der Waals surface area contributed by atoms with Gasteiger partial charge in [-0.25, -0.2) is 0 Å². The number of aromatic nitrogens is 1. The zero-order valence-corrected chi connectivity index (χ0v) is 14.8. The number of pyridine rings is 1. The van der Waals surface area contributed by atoms with Crippen molar-refractivity contribution in [1.29, 1.82) is 0 Å². The van der Waals surface area contributed by atoms with Crippen molar-refractivity contribution in [2.75, 3.05) is 13.2 Å². The standard InChI is InChI=1S/C21H26N2O2/c1-16-7-9-17(10-8-16)21-18(5-4-14-25-21)15-23-20(24)12-11-19-6-2-3-13-22-19/h2-3,6-10,13,18,21H,4-5,11-12,14-15H2,1H3,(H,23,24). The lowest BCUT2D eigenvalue weighted by atomic mass is 9.89. The van der Waals surface area contributed by atoms with Crippen LogP contribution in [0.2, 0.25) is 0 Å². The van der Waals surface area contributed by atoms with Crippen LogP contribution >= 0.6 is 0 Å². The van der Waals surface area contributed by atoms with Crippen molar-refractivity contribution < 1.29 is 9.53 Å². The van der Waals surface area contributed by atoms with E-state index >= 15 is 0 Å². The molecule has 3 rings (SSSR count). The van der Waals surface area contributed by atoms with Crippen molar-refractivity contribution in [2.24, 2.45) is 5.92 Å². The van der Waals surface area contributed by atoms with Crippen LogP contribution in [-0.4, -0.2) is 24.0 Å². The first-order chi connectivity index (χ1) is 12.2. The second-order valence-corrected chi connectivity index (χ2v) is 6.73. The molecule has 2 atom stereocenters. The lowest BCUT2D eigenvalue weighted by Crippen LogP contribution is -2.35. The zero-order chi connectivity index (χ0) is 17.5. The minimum atomic E-state index is 0.0745. The van der Waals surface area contributed by atoms with Gasteiger partial charge in [-0.3, -0.25) is 9.78 Å². The van der Waals surface area contributed by atoms with Crippen molar-refractivity contribution in [3.63, 3.8) is 0 Å². The Morgan fingerprint density at radius 3 is 2.84 bits per heavy atom. The lowest BCUT2D eigenvalue weighted by molar-refractivity contribution is -0.121. The van der Waals surface area contributed by atoms with Gasteiger partial charge in [0.05, 0.1) is 6.10 Å². The third-order valence-electron chi connectivity index (χ3n) is 4.75. The number of aryl methyl sites for hydroxylation is 2. The van der Waals surface area contributed by atoms with Crippen LogP contribution in [0.5, 0.6) is 0 Å². The molecule has 1 fully saturated rings. The van der Waals surface area contributed by atoms with Crippen LogP contribution in [0.15, 0.2) is 48.7 Å². The van der Waals surface area contributed by atoms with Crippen LogP contribution in [0, 0.1) is 12.8 Å². The number of hydrogen-bond donors (Lipinski definition) is 1. The number of hydrogen-bond acceptors (Lipinski definition) is 3. The molecule has 1 aliphatic heterocycles. The molecule has 2 unspecified atom stereocenters. The van der Waals surface area contributed by atoms with Crippen molar-refractivity contribution in [2.45, 2.75) is 38.7 Å². The Morgan fingerprint density at radius 1 is 1.24 bits per heavy atom. The number of ether oxygens (including phenoxy) is 1. The predicted molar refractivity (Wildman–Crippen MR) is 98.2 cm³/mol. The van der Waals surface area contributed by atoms with Crippen LogP contribution < -0.4 is 5.32 Å². The Labute approximate surface area is 149 Å². The fraction of sp³-hybridized carbons (Fsp3) is 0.429. The van der Waals surface area contributed by atoms with Gasteiger partial charge in [0.25, 0.3) is 0 Å². The van der Waals surface area contributed by atoms with Gasteiger partial charge in [0.15, 0.2) is 0 Å². The van der Waals surface area contributed by atoms with E-state index in [9.17, 15) is 4.79 Å². The van der Waals surface area contributed by atoms with Crippen LogP contribution in [-0.2, 0) is 16.0 Å². The van der Waals surface area contributed by atoms with E-state index in [-0.39, 0.29) is 12.0 Å². The minimum Gasteiger partial charge on any atom is -0.373 e. The maximum Gasteiger partial charge on any atom is 0.220 e. The molecule has 1 aliphatic rings. The van der Waals surface area contributed by atoms with Gasteiger partial charge in [-0.15, -0.1) is 0 Å². The summed E-state index contributed by atoms with van der Waals surface area (Å²) in [5.41, 5.74) is 3.41. The fourth-order valence-corrected chi connectivity index (χ4v) is 3.30. The summed E-state index contributed by atoms with van der Waals surface area (Å²) >= 11 is 0. The van der Waals surface area contributed by atoms with Gasteiger partial charge in [0.1, 0.15) is 0 Å². The van der Waals surface area contributed by atoms with Gasteiger partial charge >= 0.3 is 0 Å². The normalized spacial score (nSPS) is 20.2. The maximum absolute atomic E-state index is 12.2. The molecule has 0 saturated carbocycles. The highest BCUT2D eigenvalue weighted by Crippen LogP contribution is 2.33. The van der Waals surface area contributed by atoms with E-state index in [4.69, 9.17) is 4.74 Å². The first-order valence-corrected chi connectivity index (χ1v) is 9.07. The Balaban J connectivity index is 1.51. The first-order valence-electron chi connectivity index (χ1n) is 9.07. The van der Waals surface area contributed by atoms with E-state index < -0.39 is 0 Å². The predicted octanol–water partition coefficient (Wildman–Crippen LogP) is 3.61. The molecule has 1 N–H and O–H groups in total. The van der Waals surface area contributed by atoms with E-state index in [1.807, 2.05) is 18.2 Å². The van der Waals surface area contributed by atoms with Gasteiger partial charge in [0.2, 0.25) is 5.91 Å². The largest absolute Gasteiger partial charge is 0.373 e. The molecule has 4 nitrogen and oxygen atoms in total. The Morgan fingerprint density at radius 2 is 2.08 bits per heavy atom. The second-order valence-electron chi connectivity index (χ2n) is 6.73. The van der Waals surface area contributed by atoms with Crippen LogP contribution in [0.4, 0.5) is 0 Å². The lowest BCUT2D eigenvalue weighted by Gasteiger charge is -2.32. The number of nitrogens with zero attached hydrogens (tertiary/aromatic N) is 1. The van der Waals surface area contributed by atoms with Crippen LogP contribution in [0.25, 0.3) is 0 Å². The van der Waals surface area contributed by atoms with Crippen molar-refractivity contribution >= 4 is 5.91 Å². The van der Waals surface area contributed by atoms with E-state index in [1.165, 1.54) is 11.1 Å². The van der Waals surface area contributed by atoms with Crippen molar-refractivity contribution in [3.8, 4) is 0 Å². The molecule has 2 heterocycles. The SMILES string of the molecule is Cc1ccc(C2OCCCC2CNC(=O)CCc2ccccn2)cc1. The Kier molecular flexibility index (Phi) is 6.18. The average molecular weight is 338 g/mol. The highest BCUT2D eigenvalue weighted by Gasteiger charge is 2.27. The third-order valence-corrected chi connectivity index (χ3v) is 4.75. The molecule has 0 aliphatic carbocycles. The van der Waals surface area contributed by atoms with E-state index in [0.717, 1.165) is 25.1 Å². The zero-order valence-electron chi connectivity index (χ0n) is 14.8. The smallest absolute Gasteiger partial charge is 0.220 e. The molecule has 1 amide bonds. The molecule has 2 aromatic rings. The molecule has 1 saturated heterocycles. The average Bonchev–Trinajstić information content (AvgIpc) is 2.66. The summed E-state index contributed by atoms with van der Waals surface area (Å²) in [5.74, 6) is 0.411. The summed E-state index contributed by atoms with van der Waals surface area (Å²) in [5, 5.41) is 3.09. The maximum atomic E-state index is 12.2. The minimum absolute atomic E-state index is 0.0745. The molecule has 4 heteroatoms. The third kappa shape index (κ3) is 5.13. The summed E-state index contributed by atoms with van der Waals surface area (Å²) in [6.07, 6.45) is 5.12. The number of nitrogens with one attached hydrogen (secondary N) is 1. The fourth-order valence-electron chi connectivity index (χ4n) is 3.30. The molecule has 1 aromatic carbocycles.